The highest BCUT2D eigenvalue weighted by atomic mass is 16.7. The van der Waals surface area contributed by atoms with E-state index in [9.17, 15) is 9.59 Å². The SMILES string of the molecule is O=C(OCC(=O)N1CCC[C@@H]2CCCC[C@@H]21)c1ccc2c(c1)OCO2. The van der Waals surface area contributed by atoms with Crippen LogP contribution in [-0.4, -0.2) is 42.8 Å². The van der Waals surface area contributed by atoms with E-state index in [1.165, 1.54) is 25.7 Å². The summed E-state index contributed by atoms with van der Waals surface area (Å²) in [5.41, 5.74) is 0.367. The van der Waals surface area contributed by atoms with Crippen molar-refractivity contribution in [1.82, 2.24) is 4.90 Å². The maximum atomic E-state index is 12.6. The Balaban J connectivity index is 1.35. The maximum absolute atomic E-state index is 12.6. The van der Waals surface area contributed by atoms with Crippen molar-refractivity contribution < 1.29 is 23.8 Å². The molecule has 25 heavy (non-hydrogen) atoms. The molecule has 3 aliphatic rings. The Morgan fingerprint density at radius 1 is 1.08 bits per heavy atom. The van der Waals surface area contributed by atoms with Crippen LogP contribution in [0.1, 0.15) is 48.9 Å². The third-order valence-corrected chi connectivity index (χ3v) is 5.50. The number of ether oxygens (including phenoxy) is 3. The maximum Gasteiger partial charge on any atom is 0.338 e. The molecule has 2 heterocycles. The first-order valence-corrected chi connectivity index (χ1v) is 9.08. The summed E-state index contributed by atoms with van der Waals surface area (Å²) in [5.74, 6) is 1.18. The van der Waals surface area contributed by atoms with Gasteiger partial charge in [-0.15, -0.1) is 0 Å². The van der Waals surface area contributed by atoms with E-state index in [-0.39, 0.29) is 19.3 Å². The number of amides is 1. The standard InChI is InChI=1S/C19H23NO5/c21-18(20-9-3-5-13-4-1-2-6-15(13)20)11-23-19(22)14-7-8-16-17(10-14)25-12-24-16/h7-8,10,13,15H,1-6,9,11-12H2/t13-,15-/m0/s1. The zero-order valence-corrected chi connectivity index (χ0v) is 14.2. The van der Waals surface area contributed by atoms with Crippen molar-refractivity contribution >= 4 is 11.9 Å². The molecule has 4 rings (SSSR count). The van der Waals surface area contributed by atoms with Crippen LogP contribution in [0.3, 0.4) is 0 Å². The summed E-state index contributed by atoms with van der Waals surface area (Å²) in [6.07, 6.45) is 7.00. The Morgan fingerprint density at radius 3 is 2.80 bits per heavy atom. The third-order valence-electron chi connectivity index (χ3n) is 5.50. The van der Waals surface area contributed by atoms with Crippen LogP contribution in [0.4, 0.5) is 0 Å². The van der Waals surface area contributed by atoms with E-state index in [0.29, 0.717) is 29.0 Å². The van der Waals surface area contributed by atoms with Crippen molar-refractivity contribution in [3.05, 3.63) is 23.8 Å². The van der Waals surface area contributed by atoms with Gasteiger partial charge in [-0.1, -0.05) is 12.8 Å². The summed E-state index contributed by atoms with van der Waals surface area (Å²) in [4.78, 5) is 26.7. The van der Waals surface area contributed by atoms with E-state index in [1.807, 2.05) is 4.90 Å². The molecule has 6 nitrogen and oxygen atoms in total. The number of likely N-dealkylation sites (tertiary alicyclic amines) is 1. The van der Waals surface area contributed by atoms with Gasteiger partial charge in [0, 0.05) is 12.6 Å². The van der Waals surface area contributed by atoms with E-state index in [2.05, 4.69) is 0 Å². The van der Waals surface area contributed by atoms with Gasteiger partial charge in [-0.05, 0) is 49.8 Å². The molecule has 1 aromatic carbocycles. The fourth-order valence-electron chi connectivity index (χ4n) is 4.25. The van der Waals surface area contributed by atoms with Gasteiger partial charge in [0.2, 0.25) is 6.79 Å². The Kier molecular flexibility index (Phi) is 4.51. The van der Waals surface area contributed by atoms with Crippen molar-refractivity contribution in [3.8, 4) is 11.5 Å². The minimum Gasteiger partial charge on any atom is -0.454 e. The molecule has 0 spiro atoms. The lowest BCUT2D eigenvalue weighted by atomic mass is 9.78. The van der Waals surface area contributed by atoms with E-state index in [0.717, 1.165) is 19.4 Å². The van der Waals surface area contributed by atoms with E-state index in [4.69, 9.17) is 14.2 Å². The van der Waals surface area contributed by atoms with Gasteiger partial charge >= 0.3 is 5.97 Å². The number of hydrogen-bond donors (Lipinski definition) is 0. The molecule has 1 aliphatic carbocycles. The first kappa shape index (κ1) is 16.2. The van der Waals surface area contributed by atoms with Crippen molar-refractivity contribution in [3.63, 3.8) is 0 Å². The Hall–Kier alpha value is -2.24. The second kappa shape index (κ2) is 6.94. The van der Waals surface area contributed by atoms with Gasteiger partial charge < -0.3 is 19.1 Å². The Bertz CT molecular complexity index is 672. The molecule has 2 fully saturated rings. The van der Waals surface area contributed by atoms with Gasteiger partial charge in [0.1, 0.15) is 0 Å². The Labute approximate surface area is 147 Å². The lowest BCUT2D eigenvalue weighted by molar-refractivity contribution is -0.140. The van der Waals surface area contributed by atoms with Gasteiger partial charge in [-0.25, -0.2) is 4.79 Å². The number of carbonyl (C=O) groups is 2. The van der Waals surface area contributed by atoms with Crippen LogP contribution >= 0.6 is 0 Å². The van der Waals surface area contributed by atoms with Gasteiger partial charge in [0.15, 0.2) is 18.1 Å². The topological polar surface area (TPSA) is 65.1 Å². The number of nitrogens with zero attached hydrogens (tertiary/aromatic N) is 1. The lowest BCUT2D eigenvalue weighted by Gasteiger charge is -2.44. The summed E-state index contributed by atoms with van der Waals surface area (Å²) in [6.45, 7) is 0.738. The second-order valence-electron chi connectivity index (χ2n) is 6.99. The predicted octanol–water partition coefficient (Wildman–Crippen LogP) is 2.75. The first-order chi connectivity index (χ1) is 12.2. The minimum atomic E-state index is -0.510. The molecule has 0 aromatic heterocycles. The lowest BCUT2D eigenvalue weighted by Crippen LogP contribution is -2.50. The average molecular weight is 345 g/mol. The first-order valence-electron chi connectivity index (χ1n) is 9.08. The van der Waals surface area contributed by atoms with Gasteiger partial charge in [0.25, 0.3) is 5.91 Å². The fourth-order valence-corrected chi connectivity index (χ4v) is 4.25. The van der Waals surface area contributed by atoms with Crippen LogP contribution in [-0.2, 0) is 9.53 Å². The molecule has 1 amide bonds. The monoisotopic (exact) mass is 345 g/mol. The Morgan fingerprint density at radius 2 is 1.88 bits per heavy atom. The van der Waals surface area contributed by atoms with E-state index < -0.39 is 5.97 Å². The quantitative estimate of drug-likeness (QED) is 0.788. The smallest absolute Gasteiger partial charge is 0.338 e. The number of hydrogen-bond acceptors (Lipinski definition) is 5. The third kappa shape index (κ3) is 3.30. The molecule has 0 bridgehead atoms. The van der Waals surface area contributed by atoms with Crippen molar-refractivity contribution in [2.24, 2.45) is 5.92 Å². The number of esters is 1. The van der Waals surface area contributed by atoms with Crippen LogP contribution in [0.2, 0.25) is 0 Å². The number of rotatable bonds is 3. The van der Waals surface area contributed by atoms with E-state index in [1.54, 1.807) is 18.2 Å². The molecule has 134 valence electrons. The van der Waals surface area contributed by atoms with E-state index >= 15 is 0 Å². The predicted molar refractivity (Wildman–Crippen MR) is 89.5 cm³/mol. The molecule has 2 atom stereocenters. The van der Waals surface area contributed by atoms with Crippen molar-refractivity contribution in [2.75, 3.05) is 19.9 Å². The average Bonchev–Trinajstić information content (AvgIpc) is 3.13. The molecule has 1 saturated heterocycles. The van der Waals surface area contributed by atoms with Crippen LogP contribution in [0, 0.1) is 5.92 Å². The molecule has 0 unspecified atom stereocenters. The summed E-state index contributed by atoms with van der Waals surface area (Å²) < 4.78 is 15.7. The fraction of sp³-hybridized carbons (Fsp3) is 0.579. The van der Waals surface area contributed by atoms with Gasteiger partial charge in [-0.2, -0.15) is 0 Å². The highest BCUT2D eigenvalue weighted by Crippen LogP contribution is 2.35. The largest absolute Gasteiger partial charge is 0.454 e. The molecule has 1 saturated carbocycles. The molecule has 0 N–H and O–H groups in total. The number of benzene rings is 1. The van der Waals surface area contributed by atoms with Crippen molar-refractivity contribution in [2.45, 2.75) is 44.6 Å². The zero-order chi connectivity index (χ0) is 17.2. The van der Waals surface area contributed by atoms with Crippen LogP contribution in [0.5, 0.6) is 11.5 Å². The number of piperidine rings is 1. The highest BCUT2D eigenvalue weighted by molar-refractivity contribution is 5.92. The second-order valence-corrected chi connectivity index (χ2v) is 6.99. The normalized spacial score (nSPS) is 24.6. The summed E-state index contributed by atoms with van der Waals surface area (Å²) in [7, 11) is 0. The molecule has 1 aromatic rings. The number of fused-ring (bicyclic) bond motifs is 2. The molecular formula is C19H23NO5. The molecule has 6 heteroatoms. The molecule has 0 radical (unpaired) electrons. The molecular weight excluding hydrogens is 322 g/mol. The summed E-state index contributed by atoms with van der Waals surface area (Å²) in [6, 6.07) is 5.23. The highest BCUT2D eigenvalue weighted by Gasteiger charge is 2.35. The van der Waals surface area contributed by atoms with Crippen LogP contribution in [0.15, 0.2) is 18.2 Å². The number of carbonyl (C=O) groups excluding carboxylic acids is 2. The van der Waals surface area contributed by atoms with Gasteiger partial charge in [0.05, 0.1) is 5.56 Å². The molecule has 2 aliphatic heterocycles. The summed E-state index contributed by atoms with van der Waals surface area (Å²) in [5, 5.41) is 0. The van der Waals surface area contributed by atoms with Crippen LogP contribution in [0.25, 0.3) is 0 Å². The minimum absolute atomic E-state index is 0.0781. The zero-order valence-electron chi connectivity index (χ0n) is 14.2. The van der Waals surface area contributed by atoms with Gasteiger partial charge in [-0.3, -0.25) is 4.79 Å². The van der Waals surface area contributed by atoms with Crippen LogP contribution < -0.4 is 9.47 Å². The summed E-state index contributed by atoms with van der Waals surface area (Å²) >= 11 is 0. The van der Waals surface area contributed by atoms with Crippen molar-refractivity contribution in [1.29, 1.82) is 0 Å².